The molecule has 0 aliphatic carbocycles. The Balaban J connectivity index is 2.25. The fourth-order valence-electron chi connectivity index (χ4n) is 1.43. The van der Waals surface area contributed by atoms with Crippen LogP contribution >= 0.6 is 0 Å². The summed E-state index contributed by atoms with van der Waals surface area (Å²) >= 11 is 0. The SMILES string of the molecule is O/N=C/c1cccc(C#Cc2ccccc2)c1. The first-order chi connectivity index (χ1) is 8.38. The number of oxime groups is 1. The molecule has 0 atom stereocenters. The van der Waals surface area contributed by atoms with Gasteiger partial charge in [-0.1, -0.05) is 47.3 Å². The van der Waals surface area contributed by atoms with E-state index in [4.69, 9.17) is 5.21 Å². The normalized spacial score (nSPS) is 9.88. The van der Waals surface area contributed by atoms with E-state index in [1.807, 2.05) is 54.6 Å². The Kier molecular flexibility index (Phi) is 3.57. The van der Waals surface area contributed by atoms with Crippen molar-refractivity contribution in [1.29, 1.82) is 0 Å². The lowest BCUT2D eigenvalue weighted by molar-refractivity contribution is 0.322. The van der Waals surface area contributed by atoms with Crippen LogP contribution < -0.4 is 0 Å². The van der Waals surface area contributed by atoms with Gasteiger partial charge in [-0.05, 0) is 29.8 Å². The quantitative estimate of drug-likeness (QED) is 0.341. The van der Waals surface area contributed by atoms with Gasteiger partial charge < -0.3 is 5.21 Å². The Bertz CT molecular complexity index is 577. The minimum Gasteiger partial charge on any atom is -0.411 e. The first kappa shape index (κ1) is 11.0. The molecule has 0 aliphatic rings. The Morgan fingerprint density at radius 1 is 0.882 bits per heavy atom. The summed E-state index contributed by atoms with van der Waals surface area (Å²) in [7, 11) is 0. The molecule has 0 amide bonds. The summed E-state index contributed by atoms with van der Waals surface area (Å²) in [6.45, 7) is 0. The van der Waals surface area contributed by atoms with Crippen molar-refractivity contribution in [2.75, 3.05) is 0 Å². The van der Waals surface area contributed by atoms with E-state index in [1.54, 1.807) is 0 Å². The van der Waals surface area contributed by atoms with Crippen LogP contribution in [0.1, 0.15) is 16.7 Å². The molecular formula is C15H11NO. The molecule has 2 aromatic carbocycles. The molecule has 17 heavy (non-hydrogen) atoms. The van der Waals surface area contributed by atoms with Gasteiger partial charge in [0.2, 0.25) is 0 Å². The van der Waals surface area contributed by atoms with Crippen molar-refractivity contribution in [2.24, 2.45) is 5.16 Å². The second-order valence-electron chi connectivity index (χ2n) is 3.49. The van der Waals surface area contributed by atoms with E-state index in [0.717, 1.165) is 16.7 Å². The van der Waals surface area contributed by atoms with E-state index in [1.165, 1.54) is 6.21 Å². The second kappa shape index (κ2) is 5.53. The summed E-state index contributed by atoms with van der Waals surface area (Å²) in [5.74, 6) is 6.14. The molecule has 0 spiro atoms. The van der Waals surface area contributed by atoms with Gasteiger partial charge in [0.25, 0.3) is 0 Å². The number of benzene rings is 2. The fourth-order valence-corrected chi connectivity index (χ4v) is 1.43. The monoisotopic (exact) mass is 221 g/mol. The average Bonchev–Trinajstić information content (AvgIpc) is 2.39. The minimum absolute atomic E-state index is 0.826. The highest BCUT2D eigenvalue weighted by molar-refractivity contribution is 5.79. The van der Waals surface area contributed by atoms with Gasteiger partial charge in [0.15, 0.2) is 0 Å². The maximum atomic E-state index is 8.45. The van der Waals surface area contributed by atoms with Crippen molar-refractivity contribution in [2.45, 2.75) is 0 Å². The van der Waals surface area contributed by atoms with E-state index >= 15 is 0 Å². The van der Waals surface area contributed by atoms with Crippen LogP contribution in [-0.2, 0) is 0 Å². The van der Waals surface area contributed by atoms with Crippen LogP contribution in [0, 0.1) is 11.8 Å². The maximum Gasteiger partial charge on any atom is 0.0734 e. The van der Waals surface area contributed by atoms with Crippen LogP contribution in [-0.4, -0.2) is 11.4 Å². The lowest BCUT2D eigenvalue weighted by atomic mass is 10.1. The molecule has 0 bridgehead atoms. The molecule has 2 aromatic rings. The van der Waals surface area contributed by atoms with E-state index in [-0.39, 0.29) is 0 Å². The van der Waals surface area contributed by atoms with Crippen molar-refractivity contribution in [1.82, 2.24) is 0 Å². The lowest BCUT2D eigenvalue weighted by Gasteiger charge is -1.93. The van der Waals surface area contributed by atoms with Gasteiger partial charge in [-0.3, -0.25) is 0 Å². The molecule has 0 aromatic heterocycles. The van der Waals surface area contributed by atoms with Crippen molar-refractivity contribution < 1.29 is 5.21 Å². The molecule has 0 heterocycles. The van der Waals surface area contributed by atoms with Gasteiger partial charge in [-0.25, -0.2) is 0 Å². The summed E-state index contributed by atoms with van der Waals surface area (Å²) in [5.41, 5.74) is 2.70. The summed E-state index contributed by atoms with van der Waals surface area (Å²) in [5, 5.41) is 11.4. The topological polar surface area (TPSA) is 32.6 Å². The van der Waals surface area contributed by atoms with Crippen LogP contribution in [0.3, 0.4) is 0 Å². The van der Waals surface area contributed by atoms with Crippen molar-refractivity contribution in [3.8, 4) is 11.8 Å². The minimum atomic E-state index is 0.826. The molecule has 0 saturated carbocycles. The van der Waals surface area contributed by atoms with Gasteiger partial charge >= 0.3 is 0 Å². The predicted molar refractivity (Wildman–Crippen MR) is 68.2 cm³/mol. The lowest BCUT2D eigenvalue weighted by Crippen LogP contribution is -1.82. The van der Waals surface area contributed by atoms with Crippen LogP contribution in [0.25, 0.3) is 0 Å². The van der Waals surface area contributed by atoms with E-state index < -0.39 is 0 Å². The number of hydrogen-bond acceptors (Lipinski definition) is 2. The molecule has 0 radical (unpaired) electrons. The zero-order valence-corrected chi connectivity index (χ0v) is 9.17. The Morgan fingerprint density at radius 3 is 2.35 bits per heavy atom. The number of hydrogen-bond donors (Lipinski definition) is 1. The standard InChI is InChI=1S/C15H11NO/c17-16-12-15-8-4-7-14(11-15)10-9-13-5-2-1-3-6-13/h1-8,11-12,17H/b16-12+. The molecule has 0 fully saturated rings. The zero-order chi connectivity index (χ0) is 11.9. The summed E-state index contributed by atoms with van der Waals surface area (Å²) in [6, 6.07) is 17.3. The maximum absolute atomic E-state index is 8.45. The highest BCUT2D eigenvalue weighted by Gasteiger charge is 1.90. The highest BCUT2D eigenvalue weighted by atomic mass is 16.4. The van der Waals surface area contributed by atoms with E-state index in [2.05, 4.69) is 17.0 Å². The van der Waals surface area contributed by atoms with E-state index in [9.17, 15) is 0 Å². The third-order valence-corrected chi connectivity index (χ3v) is 2.22. The first-order valence-corrected chi connectivity index (χ1v) is 5.23. The Hall–Kier alpha value is -2.53. The number of rotatable bonds is 1. The van der Waals surface area contributed by atoms with Gasteiger partial charge in [-0.2, -0.15) is 0 Å². The Morgan fingerprint density at radius 2 is 1.59 bits per heavy atom. The second-order valence-corrected chi connectivity index (χ2v) is 3.49. The molecule has 0 unspecified atom stereocenters. The predicted octanol–water partition coefficient (Wildman–Crippen LogP) is 2.89. The zero-order valence-electron chi connectivity index (χ0n) is 9.17. The van der Waals surface area contributed by atoms with Gasteiger partial charge in [-0.15, -0.1) is 0 Å². The molecule has 2 nitrogen and oxygen atoms in total. The van der Waals surface area contributed by atoms with Crippen LogP contribution in [0.2, 0.25) is 0 Å². The number of nitrogens with zero attached hydrogens (tertiary/aromatic N) is 1. The summed E-state index contributed by atoms with van der Waals surface area (Å²) in [4.78, 5) is 0. The van der Waals surface area contributed by atoms with Gasteiger partial charge in [0, 0.05) is 11.1 Å². The first-order valence-electron chi connectivity index (χ1n) is 5.23. The van der Waals surface area contributed by atoms with Gasteiger partial charge in [0.05, 0.1) is 6.21 Å². The molecule has 1 N–H and O–H groups in total. The molecule has 0 aliphatic heterocycles. The van der Waals surface area contributed by atoms with Crippen molar-refractivity contribution >= 4 is 6.21 Å². The molecule has 82 valence electrons. The van der Waals surface area contributed by atoms with Crippen molar-refractivity contribution in [3.63, 3.8) is 0 Å². The average molecular weight is 221 g/mol. The van der Waals surface area contributed by atoms with Crippen molar-refractivity contribution in [3.05, 3.63) is 71.3 Å². The van der Waals surface area contributed by atoms with E-state index in [0.29, 0.717) is 0 Å². The third kappa shape index (κ3) is 3.22. The molecule has 2 rings (SSSR count). The fraction of sp³-hybridized carbons (Fsp3) is 0. The highest BCUT2D eigenvalue weighted by Crippen LogP contribution is 2.02. The van der Waals surface area contributed by atoms with Gasteiger partial charge in [0.1, 0.15) is 0 Å². The van der Waals surface area contributed by atoms with Crippen LogP contribution in [0.4, 0.5) is 0 Å². The third-order valence-electron chi connectivity index (χ3n) is 2.22. The summed E-state index contributed by atoms with van der Waals surface area (Å²) in [6.07, 6.45) is 1.38. The summed E-state index contributed by atoms with van der Waals surface area (Å²) < 4.78 is 0. The molecule has 0 saturated heterocycles. The molecule has 2 heteroatoms. The largest absolute Gasteiger partial charge is 0.411 e. The Labute approximate surface area is 100 Å². The smallest absolute Gasteiger partial charge is 0.0734 e. The molecular weight excluding hydrogens is 210 g/mol. The van der Waals surface area contributed by atoms with Crippen LogP contribution in [0.15, 0.2) is 59.8 Å². The van der Waals surface area contributed by atoms with Crippen LogP contribution in [0.5, 0.6) is 0 Å².